The molecule has 1 fully saturated rings. The summed E-state index contributed by atoms with van der Waals surface area (Å²) in [6, 6.07) is 28.1. The molecule has 252 valence electrons. The summed E-state index contributed by atoms with van der Waals surface area (Å²) in [4.78, 5) is 11.3. The van der Waals surface area contributed by atoms with Crippen molar-refractivity contribution in [3.8, 4) is 0 Å². The lowest BCUT2D eigenvalue weighted by molar-refractivity contribution is -0.0818. The number of hydrogen-bond donors (Lipinski definition) is 3. The number of nitrogens with zero attached hydrogens (tertiary/aromatic N) is 2. The molecule has 0 spiro atoms. The van der Waals surface area contributed by atoms with Crippen LogP contribution in [-0.2, 0) is 10.8 Å². The molecule has 5 aromatic rings. The first-order valence-electron chi connectivity index (χ1n) is 17.0. The number of benzene rings is 3. The van der Waals surface area contributed by atoms with Gasteiger partial charge in [-0.25, -0.2) is 13.8 Å². The molecule has 3 atom stereocenters. The third-order valence-corrected chi connectivity index (χ3v) is 16.0. The van der Waals surface area contributed by atoms with E-state index in [9.17, 15) is 0 Å². The normalized spacial score (nSPS) is 20.7. The Labute approximate surface area is 287 Å². The molecule has 0 radical (unpaired) electrons. The second-order valence-corrected chi connectivity index (χ2v) is 19.8. The molecular formula is C38H45F2N5OSSi. The van der Waals surface area contributed by atoms with Gasteiger partial charge in [0.2, 0.25) is 0 Å². The Hall–Kier alpha value is -3.41. The molecule has 3 aromatic carbocycles. The van der Waals surface area contributed by atoms with Crippen LogP contribution in [0.25, 0.3) is 10.9 Å². The van der Waals surface area contributed by atoms with Crippen LogP contribution in [0.5, 0.6) is 0 Å². The molecule has 48 heavy (non-hydrogen) atoms. The van der Waals surface area contributed by atoms with Gasteiger partial charge in [0.05, 0.1) is 19.2 Å². The second-order valence-electron chi connectivity index (χ2n) is 14.4. The van der Waals surface area contributed by atoms with Gasteiger partial charge >= 0.3 is 0 Å². The van der Waals surface area contributed by atoms with Crippen LogP contribution in [0, 0.1) is 0 Å². The minimum absolute atomic E-state index is 0.127. The Morgan fingerprint density at radius 3 is 2.29 bits per heavy atom. The molecule has 0 saturated carbocycles. The lowest BCUT2D eigenvalue weighted by Gasteiger charge is -2.45. The van der Waals surface area contributed by atoms with Gasteiger partial charge in [-0.05, 0) is 53.4 Å². The standard InChI is InChI=1S/C38H45F2N5OSSi/c1-26-21-31-30-17-11-12-18-32(30)44-34(31)35(33-23-42-36(47-33)43-27-19-20-41-22-27)45(26)24-38(39,40)25-46-48(37(2,3)4,28-13-7-5-8-14-28)29-15-9-6-10-16-29/h5-18,23,26-27,35,41,44H,19-22,24-25H2,1-4H3,(H,42,43)/t26-,27-,35-/m1/s1. The number of thiazole rings is 1. The number of aromatic amines is 1. The fourth-order valence-corrected chi connectivity index (χ4v) is 13.4. The van der Waals surface area contributed by atoms with Gasteiger partial charge < -0.3 is 20.0 Å². The highest BCUT2D eigenvalue weighted by molar-refractivity contribution is 7.15. The number of rotatable bonds is 10. The zero-order valence-electron chi connectivity index (χ0n) is 28.1. The van der Waals surface area contributed by atoms with E-state index in [1.54, 1.807) is 11.3 Å². The predicted octanol–water partition coefficient (Wildman–Crippen LogP) is 6.95. The Kier molecular flexibility index (Phi) is 9.06. The third-order valence-electron chi connectivity index (χ3n) is 10.0. The first-order chi connectivity index (χ1) is 23.1. The third kappa shape index (κ3) is 6.25. The number of alkyl halides is 2. The maximum atomic E-state index is 16.7. The van der Waals surface area contributed by atoms with Crippen LogP contribution in [0.15, 0.2) is 91.1 Å². The number of para-hydroxylation sites is 1. The van der Waals surface area contributed by atoms with E-state index < -0.39 is 32.4 Å². The van der Waals surface area contributed by atoms with Gasteiger partial charge in [-0.3, -0.25) is 4.90 Å². The largest absolute Gasteiger partial charge is 0.401 e. The maximum Gasteiger partial charge on any atom is 0.282 e. The molecular weight excluding hydrogens is 641 g/mol. The summed E-state index contributed by atoms with van der Waals surface area (Å²) in [6.45, 7) is 9.20. The first-order valence-corrected chi connectivity index (χ1v) is 19.7. The van der Waals surface area contributed by atoms with E-state index >= 15 is 8.78 Å². The van der Waals surface area contributed by atoms with E-state index in [0.717, 1.165) is 56.5 Å². The molecule has 6 nitrogen and oxygen atoms in total. The zero-order chi connectivity index (χ0) is 33.5. The Morgan fingerprint density at radius 1 is 0.979 bits per heavy atom. The van der Waals surface area contributed by atoms with E-state index in [0.29, 0.717) is 12.5 Å². The topological polar surface area (TPSA) is 65.2 Å². The van der Waals surface area contributed by atoms with Gasteiger partial charge in [-0.15, -0.1) is 11.3 Å². The molecule has 7 rings (SSSR count). The summed E-state index contributed by atoms with van der Waals surface area (Å²) in [6.07, 6.45) is 3.59. The molecule has 10 heteroatoms. The summed E-state index contributed by atoms with van der Waals surface area (Å²) in [5, 5.41) is 10.5. The molecule has 0 aliphatic carbocycles. The van der Waals surface area contributed by atoms with E-state index in [1.165, 1.54) is 5.56 Å². The number of fused-ring (bicyclic) bond motifs is 3. The quantitative estimate of drug-likeness (QED) is 0.139. The summed E-state index contributed by atoms with van der Waals surface area (Å²) < 4.78 is 40.2. The summed E-state index contributed by atoms with van der Waals surface area (Å²) >= 11 is 1.57. The van der Waals surface area contributed by atoms with Crippen molar-refractivity contribution < 1.29 is 13.2 Å². The van der Waals surface area contributed by atoms with Gasteiger partial charge in [0.1, 0.15) is 0 Å². The van der Waals surface area contributed by atoms with Crippen LogP contribution in [-0.4, -0.2) is 67.4 Å². The molecule has 2 aromatic heterocycles. The minimum Gasteiger partial charge on any atom is -0.401 e. The highest BCUT2D eigenvalue weighted by Crippen LogP contribution is 2.44. The number of nitrogens with one attached hydrogen (secondary N) is 3. The van der Waals surface area contributed by atoms with Crippen molar-refractivity contribution in [2.24, 2.45) is 0 Å². The lowest BCUT2D eigenvalue weighted by Crippen LogP contribution is -2.67. The van der Waals surface area contributed by atoms with Gasteiger partial charge in [0.25, 0.3) is 14.2 Å². The molecule has 0 amide bonds. The molecule has 1 saturated heterocycles. The van der Waals surface area contributed by atoms with Gasteiger partial charge in [-0.1, -0.05) is 99.6 Å². The van der Waals surface area contributed by atoms with Crippen LogP contribution >= 0.6 is 11.3 Å². The van der Waals surface area contributed by atoms with Crippen LogP contribution in [0.1, 0.15) is 56.3 Å². The van der Waals surface area contributed by atoms with Crippen molar-refractivity contribution in [2.45, 2.75) is 69.6 Å². The maximum absolute atomic E-state index is 16.7. The van der Waals surface area contributed by atoms with E-state index in [1.807, 2.05) is 83.9 Å². The average molecular weight is 686 g/mol. The highest BCUT2D eigenvalue weighted by Gasteiger charge is 2.52. The molecule has 2 aliphatic heterocycles. The summed E-state index contributed by atoms with van der Waals surface area (Å²) in [7, 11) is -3.14. The average Bonchev–Trinajstić information content (AvgIpc) is 3.83. The Balaban J connectivity index is 1.23. The van der Waals surface area contributed by atoms with Crippen LogP contribution < -0.4 is 21.0 Å². The number of aromatic nitrogens is 2. The van der Waals surface area contributed by atoms with E-state index in [4.69, 9.17) is 9.41 Å². The Bertz CT molecular complexity index is 1790. The molecule has 3 N–H and O–H groups in total. The number of hydrogen-bond acceptors (Lipinski definition) is 6. The Morgan fingerprint density at radius 2 is 1.65 bits per heavy atom. The van der Waals surface area contributed by atoms with Crippen molar-refractivity contribution in [1.82, 2.24) is 20.2 Å². The van der Waals surface area contributed by atoms with Crippen LogP contribution in [0.3, 0.4) is 0 Å². The van der Waals surface area contributed by atoms with E-state index in [-0.39, 0.29) is 12.1 Å². The first kappa shape index (κ1) is 33.1. The van der Waals surface area contributed by atoms with Crippen molar-refractivity contribution >= 4 is 46.1 Å². The molecule has 0 bridgehead atoms. The van der Waals surface area contributed by atoms with Crippen molar-refractivity contribution in [3.05, 3.63) is 107 Å². The number of anilines is 1. The van der Waals surface area contributed by atoms with Crippen molar-refractivity contribution in [2.75, 3.05) is 31.6 Å². The SMILES string of the molecule is C[C@@H]1Cc2c([nH]c3ccccc23)[C@@H](c2cnc(N[C@@H]3CCNC3)s2)N1CC(F)(F)CO[Si](c1ccccc1)(c1ccccc1)C(C)(C)C. The van der Waals surface area contributed by atoms with Crippen molar-refractivity contribution in [3.63, 3.8) is 0 Å². The fourth-order valence-electron chi connectivity index (χ4n) is 7.78. The van der Waals surface area contributed by atoms with Gasteiger partial charge in [0, 0.05) is 46.3 Å². The molecule has 4 heterocycles. The zero-order valence-corrected chi connectivity index (χ0v) is 29.9. The van der Waals surface area contributed by atoms with E-state index in [2.05, 4.69) is 55.4 Å². The fraction of sp³-hybridized carbons (Fsp3) is 0.395. The minimum atomic E-state index is -3.14. The van der Waals surface area contributed by atoms with Crippen LogP contribution in [0.2, 0.25) is 5.04 Å². The molecule has 2 aliphatic rings. The number of H-pyrrole nitrogens is 1. The second kappa shape index (κ2) is 13.1. The smallest absolute Gasteiger partial charge is 0.282 e. The number of halogens is 2. The van der Waals surface area contributed by atoms with Crippen molar-refractivity contribution in [1.29, 1.82) is 0 Å². The monoisotopic (exact) mass is 685 g/mol. The van der Waals surface area contributed by atoms with Gasteiger partial charge in [-0.2, -0.15) is 0 Å². The lowest BCUT2D eigenvalue weighted by atomic mass is 9.91. The predicted molar refractivity (Wildman–Crippen MR) is 196 cm³/mol. The summed E-state index contributed by atoms with van der Waals surface area (Å²) in [5.74, 6) is -3.12. The summed E-state index contributed by atoms with van der Waals surface area (Å²) in [5.41, 5.74) is 3.22. The van der Waals surface area contributed by atoms with Crippen LogP contribution in [0.4, 0.5) is 13.9 Å². The molecule has 0 unspecified atom stereocenters. The highest BCUT2D eigenvalue weighted by atomic mass is 32.1. The van der Waals surface area contributed by atoms with Gasteiger partial charge in [0.15, 0.2) is 5.13 Å².